The molecule has 0 aromatic carbocycles. The zero-order chi connectivity index (χ0) is 17.5. The molecule has 2 heterocycles. The van der Waals surface area contributed by atoms with E-state index < -0.39 is 0 Å². The minimum absolute atomic E-state index is 0.0537. The number of nitrogens with one attached hydrogen (secondary N) is 1. The van der Waals surface area contributed by atoms with Gasteiger partial charge in [0.1, 0.15) is 0 Å². The largest absolute Gasteiger partial charge is 0.459 e. The lowest BCUT2D eigenvalue weighted by atomic mass is 9.97. The van der Waals surface area contributed by atoms with Crippen molar-refractivity contribution in [3.8, 4) is 0 Å². The molecule has 1 aromatic heterocycles. The first kappa shape index (κ1) is 18.3. The number of aliphatic hydroxyl groups is 1. The van der Waals surface area contributed by atoms with Gasteiger partial charge in [-0.2, -0.15) is 0 Å². The van der Waals surface area contributed by atoms with Crippen LogP contribution in [0, 0.1) is 11.8 Å². The third kappa shape index (κ3) is 4.74. The van der Waals surface area contributed by atoms with E-state index in [1.54, 1.807) is 21.9 Å². The number of hydrogen-bond acceptors (Lipinski definition) is 4. The predicted molar refractivity (Wildman–Crippen MR) is 89.6 cm³/mol. The highest BCUT2D eigenvalue weighted by atomic mass is 16.3. The number of rotatable bonds is 5. The lowest BCUT2D eigenvalue weighted by Gasteiger charge is -2.24. The first-order valence-corrected chi connectivity index (χ1v) is 8.49. The minimum atomic E-state index is -0.138. The normalized spacial score (nSPS) is 16.8. The number of nitrogens with zero attached hydrogens (tertiary/aromatic N) is 2. The smallest absolute Gasteiger partial charge is 0.317 e. The Balaban J connectivity index is 1.84. The van der Waals surface area contributed by atoms with Crippen molar-refractivity contribution < 1.29 is 19.1 Å². The van der Waals surface area contributed by atoms with Gasteiger partial charge < -0.3 is 24.6 Å². The highest BCUT2D eigenvalue weighted by Gasteiger charge is 2.24. The monoisotopic (exact) mass is 337 g/mol. The maximum Gasteiger partial charge on any atom is 0.317 e. The van der Waals surface area contributed by atoms with Gasteiger partial charge in [0.25, 0.3) is 5.91 Å². The Labute approximate surface area is 142 Å². The fourth-order valence-corrected chi connectivity index (χ4v) is 2.72. The molecule has 7 heteroatoms. The van der Waals surface area contributed by atoms with Crippen LogP contribution in [0.5, 0.6) is 0 Å². The van der Waals surface area contributed by atoms with Gasteiger partial charge >= 0.3 is 6.03 Å². The topological polar surface area (TPSA) is 86.0 Å². The Hall–Kier alpha value is -2.02. The SMILES string of the molecule is CC(C)[C@@H](CO)CNC(=O)N1CCCN(C(=O)c2ccco2)CC1. The van der Waals surface area contributed by atoms with Crippen molar-refractivity contribution in [3.05, 3.63) is 24.2 Å². The van der Waals surface area contributed by atoms with Crippen LogP contribution in [0.3, 0.4) is 0 Å². The van der Waals surface area contributed by atoms with Crippen LogP contribution in [-0.4, -0.2) is 66.2 Å². The van der Waals surface area contributed by atoms with Gasteiger partial charge in [-0.25, -0.2) is 4.79 Å². The van der Waals surface area contributed by atoms with Crippen LogP contribution in [0.15, 0.2) is 22.8 Å². The molecule has 1 saturated heterocycles. The molecule has 2 rings (SSSR count). The third-order valence-corrected chi connectivity index (χ3v) is 4.50. The summed E-state index contributed by atoms with van der Waals surface area (Å²) < 4.78 is 5.16. The van der Waals surface area contributed by atoms with E-state index in [4.69, 9.17) is 4.42 Å². The molecule has 24 heavy (non-hydrogen) atoms. The highest BCUT2D eigenvalue weighted by Crippen LogP contribution is 2.11. The van der Waals surface area contributed by atoms with Gasteiger partial charge in [0.15, 0.2) is 5.76 Å². The molecule has 1 atom stereocenters. The molecule has 7 nitrogen and oxygen atoms in total. The van der Waals surface area contributed by atoms with Gasteiger partial charge in [-0.1, -0.05) is 13.8 Å². The standard InChI is InChI=1S/C17H27N3O4/c1-13(2)14(12-21)11-18-17(23)20-7-4-6-19(8-9-20)16(22)15-5-3-10-24-15/h3,5,10,13-14,21H,4,6-9,11-12H2,1-2H3,(H,18,23)/t14-/m1/s1. The molecule has 0 aliphatic carbocycles. The quantitative estimate of drug-likeness (QED) is 0.850. The Morgan fingerprint density at radius 2 is 1.96 bits per heavy atom. The van der Waals surface area contributed by atoms with E-state index >= 15 is 0 Å². The Bertz CT molecular complexity index is 530. The van der Waals surface area contributed by atoms with Gasteiger partial charge in [0, 0.05) is 45.2 Å². The van der Waals surface area contributed by atoms with Gasteiger partial charge in [-0.15, -0.1) is 0 Å². The Morgan fingerprint density at radius 3 is 2.58 bits per heavy atom. The highest BCUT2D eigenvalue weighted by molar-refractivity contribution is 5.91. The number of hydrogen-bond donors (Lipinski definition) is 2. The van der Waals surface area contributed by atoms with E-state index in [0.717, 1.165) is 6.42 Å². The molecule has 134 valence electrons. The number of urea groups is 1. The lowest BCUT2D eigenvalue weighted by molar-refractivity contribution is 0.0730. The van der Waals surface area contributed by atoms with Crippen molar-refractivity contribution in [2.75, 3.05) is 39.3 Å². The molecule has 0 bridgehead atoms. The number of carbonyl (C=O) groups is 2. The summed E-state index contributed by atoms with van der Waals surface area (Å²) in [6.45, 7) is 6.76. The number of furan rings is 1. The zero-order valence-corrected chi connectivity index (χ0v) is 14.4. The fraction of sp³-hybridized carbons (Fsp3) is 0.647. The second-order valence-corrected chi connectivity index (χ2v) is 6.48. The second-order valence-electron chi connectivity index (χ2n) is 6.48. The molecule has 1 aliphatic rings. The fourth-order valence-electron chi connectivity index (χ4n) is 2.72. The van der Waals surface area contributed by atoms with E-state index in [0.29, 0.717) is 44.4 Å². The van der Waals surface area contributed by atoms with Crippen LogP contribution in [0.1, 0.15) is 30.8 Å². The molecule has 0 unspecified atom stereocenters. The summed E-state index contributed by atoms with van der Waals surface area (Å²) in [6.07, 6.45) is 2.21. The molecular weight excluding hydrogens is 310 g/mol. The Morgan fingerprint density at radius 1 is 1.25 bits per heavy atom. The van der Waals surface area contributed by atoms with Crippen molar-refractivity contribution in [2.24, 2.45) is 11.8 Å². The summed E-state index contributed by atoms with van der Waals surface area (Å²) in [5, 5.41) is 12.2. The maximum atomic E-state index is 12.3. The Kier molecular flexibility index (Phi) is 6.66. The van der Waals surface area contributed by atoms with Gasteiger partial charge in [-0.05, 0) is 24.5 Å². The first-order chi connectivity index (χ1) is 11.5. The summed E-state index contributed by atoms with van der Waals surface area (Å²) in [4.78, 5) is 28.1. The maximum absolute atomic E-state index is 12.3. The van der Waals surface area contributed by atoms with E-state index in [9.17, 15) is 14.7 Å². The lowest BCUT2D eigenvalue weighted by Crippen LogP contribution is -2.44. The molecule has 3 amide bonds. The van der Waals surface area contributed by atoms with E-state index in [-0.39, 0.29) is 24.5 Å². The van der Waals surface area contributed by atoms with E-state index in [2.05, 4.69) is 5.32 Å². The average molecular weight is 337 g/mol. The summed E-state index contributed by atoms with van der Waals surface area (Å²) >= 11 is 0. The van der Waals surface area contributed by atoms with Gasteiger partial charge in [0.2, 0.25) is 0 Å². The summed E-state index contributed by atoms with van der Waals surface area (Å²) in [6, 6.07) is 3.21. The van der Waals surface area contributed by atoms with Crippen LogP contribution in [-0.2, 0) is 0 Å². The van der Waals surface area contributed by atoms with Crippen LogP contribution in [0.25, 0.3) is 0 Å². The van der Waals surface area contributed by atoms with Crippen molar-refractivity contribution in [2.45, 2.75) is 20.3 Å². The van der Waals surface area contributed by atoms with Crippen LogP contribution in [0.2, 0.25) is 0 Å². The molecule has 1 fully saturated rings. The molecular formula is C17H27N3O4. The van der Waals surface area contributed by atoms with E-state index in [1.165, 1.54) is 6.26 Å². The second kappa shape index (κ2) is 8.73. The molecule has 1 aromatic rings. The van der Waals surface area contributed by atoms with Crippen molar-refractivity contribution in [1.29, 1.82) is 0 Å². The summed E-state index contributed by atoms with van der Waals surface area (Å²) in [7, 11) is 0. The van der Waals surface area contributed by atoms with Crippen LogP contribution in [0.4, 0.5) is 4.79 Å². The van der Waals surface area contributed by atoms with Gasteiger partial charge in [-0.3, -0.25) is 4.79 Å². The van der Waals surface area contributed by atoms with Crippen LogP contribution < -0.4 is 5.32 Å². The summed E-state index contributed by atoms with van der Waals surface area (Å²) in [5.41, 5.74) is 0. The van der Waals surface area contributed by atoms with Crippen LogP contribution >= 0.6 is 0 Å². The number of aliphatic hydroxyl groups excluding tert-OH is 1. The average Bonchev–Trinajstić information content (AvgIpc) is 2.98. The molecule has 1 aliphatic heterocycles. The number of carbonyl (C=O) groups excluding carboxylic acids is 2. The first-order valence-electron chi connectivity index (χ1n) is 8.49. The van der Waals surface area contributed by atoms with E-state index in [1.807, 2.05) is 13.8 Å². The predicted octanol–water partition coefficient (Wildman–Crippen LogP) is 1.40. The number of amides is 3. The molecule has 2 N–H and O–H groups in total. The molecule has 0 saturated carbocycles. The summed E-state index contributed by atoms with van der Waals surface area (Å²) in [5.74, 6) is 0.553. The zero-order valence-electron chi connectivity index (χ0n) is 14.4. The van der Waals surface area contributed by atoms with Crippen molar-refractivity contribution in [1.82, 2.24) is 15.1 Å². The minimum Gasteiger partial charge on any atom is -0.459 e. The molecule has 0 spiro atoms. The van der Waals surface area contributed by atoms with Crippen molar-refractivity contribution in [3.63, 3.8) is 0 Å². The third-order valence-electron chi connectivity index (χ3n) is 4.50. The molecule has 0 radical (unpaired) electrons. The van der Waals surface area contributed by atoms with Gasteiger partial charge in [0.05, 0.1) is 6.26 Å². The van der Waals surface area contributed by atoms with Crippen molar-refractivity contribution >= 4 is 11.9 Å².